The summed E-state index contributed by atoms with van der Waals surface area (Å²) in [6.45, 7) is 0. The molecule has 2 aromatic carbocycles. The molecule has 160 valence electrons. The summed E-state index contributed by atoms with van der Waals surface area (Å²) < 4.78 is 26.9. The summed E-state index contributed by atoms with van der Waals surface area (Å²) in [6.07, 6.45) is 3.40. The summed E-state index contributed by atoms with van der Waals surface area (Å²) in [7, 11) is 0. The number of aromatic amines is 1. The Labute approximate surface area is 178 Å². The third-order valence-electron chi connectivity index (χ3n) is 5.58. The Balaban J connectivity index is 1.56. The zero-order chi connectivity index (χ0) is 21.8. The second kappa shape index (κ2) is 9.20. The fourth-order valence-corrected chi connectivity index (χ4v) is 3.74. The average molecular weight is 423 g/mol. The Morgan fingerprint density at radius 2 is 1.87 bits per heavy atom. The van der Waals surface area contributed by atoms with Gasteiger partial charge in [0.05, 0.1) is 18.2 Å². The highest BCUT2D eigenvalue weighted by molar-refractivity contribution is 5.79. The standard InChI is InChI=1S/C24H23F2N3O2/c25-18-9-7-16(8-10-18)21(28-22(30)12-15-3-1-6-19(26)11-15)13-20-14-23(31)29-24(27-20)17-4-2-5-17/h1,3,6-11,14,17,21H,2,4-5,12-13H2,(H,28,30)(H,27,29,31)/t21-/m1/s1. The largest absolute Gasteiger partial charge is 0.349 e. The zero-order valence-corrected chi connectivity index (χ0v) is 16.9. The van der Waals surface area contributed by atoms with E-state index >= 15 is 0 Å². The third kappa shape index (κ3) is 5.42. The van der Waals surface area contributed by atoms with Crippen LogP contribution >= 0.6 is 0 Å². The van der Waals surface area contributed by atoms with Gasteiger partial charge in [0.25, 0.3) is 5.56 Å². The van der Waals surface area contributed by atoms with Crippen LogP contribution in [0.3, 0.4) is 0 Å². The number of halogens is 2. The van der Waals surface area contributed by atoms with E-state index in [4.69, 9.17) is 0 Å². The van der Waals surface area contributed by atoms with Crippen LogP contribution in [0, 0.1) is 11.6 Å². The van der Waals surface area contributed by atoms with Crippen molar-refractivity contribution >= 4 is 5.91 Å². The molecule has 0 bridgehead atoms. The van der Waals surface area contributed by atoms with Gasteiger partial charge in [-0.25, -0.2) is 13.8 Å². The molecule has 1 aliphatic rings. The van der Waals surface area contributed by atoms with Crippen LogP contribution < -0.4 is 10.9 Å². The van der Waals surface area contributed by atoms with E-state index in [9.17, 15) is 18.4 Å². The van der Waals surface area contributed by atoms with E-state index in [2.05, 4.69) is 15.3 Å². The lowest BCUT2D eigenvalue weighted by Gasteiger charge is -2.25. The first kappa shape index (κ1) is 20.9. The van der Waals surface area contributed by atoms with Crippen LogP contribution in [0.5, 0.6) is 0 Å². The van der Waals surface area contributed by atoms with Gasteiger partial charge in [-0.15, -0.1) is 0 Å². The second-order valence-corrected chi connectivity index (χ2v) is 7.93. The molecule has 1 fully saturated rings. The van der Waals surface area contributed by atoms with E-state index in [0.29, 0.717) is 22.6 Å². The predicted molar refractivity (Wildman–Crippen MR) is 113 cm³/mol. The van der Waals surface area contributed by atoms with Gasteiger partial charge in [-0.05, 0) is 48.2 Å². The molecule has 4 rings (SSSR count). The number of nitrogens with zero attached hydrogens (tertiary/aromatic N) is 1. The number of carbonyl (C=O) groups excluding carboxylic acids is 1. The Bertz CT molecular complexity index is 1120. The second-order valence-electron chi connectivity index (χ2n) is 7.93. The van der Waals surface area contributed by atoms with Gasteiger partial charge >= 0.3 is 0 Å². The predicted octanol–water partition coefficient (Wildman–Crippen LogP) is 3.96. The van der Waals surface area contributed by atoms with Crippen LogP contribution in [-0.4, -0.2) is 15.9 Å². The van der Waals surface area contributed by atoms with Crippen LogP contribution in [0.1, 0.15) is 53.9 Å². The summed E-state index contributed by atoms with van der Waals surface area (Å²) in [5.41, 5.74) is 1.58. The maximum absolute atomic E-state index is 13.4. The molecule has 0 radical (unpaired) electrons. The van der Waals surface area contributed by atoms with Gasteiger partial charge in [-0.2, -0.15) is 0 Å². The number of nitrogens with one attached hydrogen (secondary N) is 2. The fourth-order valence-electron chi connectivity index (χ4n) is 3.74. The van der Waals surface area contributed by atoms with Gasteiger partial charge in [-0.1, -0.05) is 30.7 Å². The third-order valence-corrected chi connectivity index (χ3v) is 5.58. The molecule has 1 amide bonds. The van der Waals surface area contributed by atoms with E-state index in [1.807, 2.05) is 0 Å². The van der Waals surface area contributed by atoms with Gasteiger partial charge in [-0.3, -0.25) is 9.59 Å². The first-order valence-electron chi connectivity index (χ1n) is 10.4. The number of amides is 1. The zero-order valence-electron chi connectivity index (χ0n) is 16.9. The first-order valence-corrected chi connectivity index (χ1v) is 10.4. The first-order chi connectivity index (χ1) is 15.0. The molecular weight excluding hydrogens is 400 g/mol. The van der Waals surface area contributed by atoms with Crippen molar-refractivity contribution < 1.29 is 13.6 Å². The average Bonchev–Trinajstić information content (AvgIpc) is 2.66. The van der Waals surface area contributed by atoms with Gasteiger partial charge < -0.3 is 10.3 Å². The van der Waals surface area contributed by atoms with Crippen molar-refractivity contribution in [3.63, 3.8) is 0 Å². The van der Waals surface area contributed by atoms with Crippen molar-refractivity contribution in [3.8, 4) is 0 Å². The van der Waals surface area contributed by atoms with Crippen LogP contribution in [-0.2, 0) is 17.6 Å². The molecule has 2 N–H and O–H groups in total. The van der Waals surface area contributed by atoms with Crippen LogP contribution in [0.4, 0.5) is 8.78 Å². The van der Waals surface area contributed by atoms with Crippen molar-refractivity contribution in [2.75, 3.05) is 0 Å². The van der Waals surface area contributed by atoms with E-state index in [0.717, 1.165) is 19.3 Å². The molecular formula is C24H23F2N3O2. The number of H-pyrrole nitrogens is 1. The molecule has 0 saturated heterocycles. The topological polar surface area (TPSA) is 74.8 Å². The lowest BCUT2D eigenvalue weighted by Crippen LogP contribution is -2.32. The van der Waals surface area contributed by atoms with Crippen LogP contribution in [0.25, 0.3) is 0 Å². The summed E-state index contributed by atoms with van der Waals surface area (Å²) in [5, 5.41) is 2.93. The molecule has 3 aromatic rings. The van der Waals surface area contributed by atoms with Crippen molar-refractivity contribution in [2.24, 2.45) is 0 Å². The fraction of sp³-hybridized carbons (Fsp3) is 0.292. The SMILES string of the molecule is O=C(Cc1cccc(F)c1)N[C@H](Cc1cc(=O)[nH]c(C2CCC2)n1)c1ccc(F)cc1. The lowest BCUT2D eigenvalue weighted by molar-refractivity contribution is -0.121. The van der Waals surface area contributed by atoms with Crippen LogP contribution in [0.2, 0.25) is 0 Å². The quantitative estimate of drug-likeness (QED) is 0.604. The van der Waals surface area contributed by atoms with Gasteiger partial charge in [0.1, 0.15) is 17.5 Å². The van der Waals surface area contributed by atoms with Gasteiger partial charge in [0, 0.05) is 18.4 Å². The molecule has 1 saturated carbocycles. The molecule has 0 spiro atoms. The van der Waals surface area contributed by atoms with Crippen LogP contribution in [0.15, 0.2) is 59.4 Å². The smallest absolute Gasteiger partial charge is 0.251 e. The monoisotopic (exact) mass is 423 g/mol. The molecule has 5 nitrogen and oxygen atoms in total. The molecule has 1 aromatic heterocycles. The molecule has 1 aliphatic carbocycles. The summed E-state index contributed by atoms with van der Waals surface area (Å²) >= 11 is 0. The number of carbonyl (C=O) groups is 1. The van der Waals surface area contributed by atoms with Gasteiger partial charge in [0.15, 0.2) is 0 Å². The van der Waals surface area contributed by atoms with E-state index in [1.165, 1.54) is 30.3 Å². The maximum atomic E-state index is 13.4. The highest BCUT2D eigenvalue weighted by Crippen LogP contribution is 2.34. The summed E-state index contributed by atoms with van der Waals surface area (Å²) in [4.78, 5) is 32.2. The highest BCUT2D eigenvalue weighted by atomic mass is 19.1. The highest BCUT2D eigenvalue weighted by Gasteiger charge is 2.23. The number of hydrogen-bond donors (Lipinski definition) is 2. The van der Waals surface area contributed by atoms with Crippen molar-refractivity contribution in [1.82, 2.24) is 15.3 Å². The number of benzene rings is 2. The Kier molecular flexibility index (Phi) is 6.21. The Morgan fingerprint density at radius 3 is 2.55 bits per heavy atom. The minimum absolute atomic E-state index is 0.00554. The lowest BCUT2D eigenvalue weighted by atomic mass is 9.85. The number of rotatable bonds is 7. The van der Waals surface area contributed by atoms with Crippen molar-refractivity contribution in [3.05, 3.63) is 99.2 Å². The minimum Gasteiger partial charge on any atom is -0.349 e. The van der Waals surface area contributed by atoms with Gasteiger partial charge in [0.2, 0.25) is 5.91 Å². The normalized spacial score (nSPS) is 14.6. The molecule has 31 heavy (non-hydrogen) atoms. The van der Waals surface area contributed by atoms with Crippen molar-refractivity contribution in [1.29, 1.82) is 0 Å². The number of hydrogen-bond acceptors (Lipinski definition) is 3. The van der Waals surface area contributed by atoms with Crippen molar-refractivity contribution in [2.45, 2.75) is 44.1 Å². The summed E-state index contributed by atoms with van der Waals surface area (Å²) in [5.74, 6) is -0.145. The minimum atomic E-state index is -0.509. The number of aromatic nitrogens is 2. The Hall–Kier alpha value is -3.35. The molecule has 1 atom stereocenters. The summed E-state index contributed by atoms with van der Waals surface area (Å²) in [6, 6.07) is 12.6. The molecule has 7 heteroatoms. The molecule has 0 aliphatic heterocycles. The Morgan fingerprint density at radius 1 is 1.10 bits per heavy atom. The maximum Gasteiger partial charge on any atom is 0.251 e. The molecule has 0 unspecified atom stereocenters. The molecule has 1 heterocycles. The van der Waals surface area contributed by atoms with E-state index in [-0.39, 0.29) is 36.0 Å². The van der Waals surface area contributed by atoms with E-state index < -0.39 is 11.9 Å². The van der Waals surface area contributed by atoms with E-state index in [1.54, 1.807) is 24.3 Å².